The Balaban J connectivity index is 0.000000186. The van der Waals surface area contributed by atoms with Crippen molar-refractivity contribution in [3.63, 3.8) is 0 Å². The average Bonchev–Trinajstić information content (AvgIpc) is 2.78. The van der Waals surface area contributed by atoms with Crippen LogP contribution in [0.2, 0.25) is 30.1 Å². The Morgan fingerprint density at radius 2 is 1.09 bits per heavy atom. The number of halogens is 6. The van der Waals surface area contributed by atoms with E-state index in [9.17, 15) is 5.11 Å². The molecule has 1 N–H and O–H groups in total. The van der Waals surface area contributed by atoms with E-state index >= 15 is 0 Å². The molecule has 0 spiro atoms. The first kappa shape index (κ1) is 25.9. The summed E-state index contributed by atoms with van der Waals surface area (Å²) in [5.74, 6) is 0.973. The molecule has 0 aliphatic carbocycles. The standard InChI is InChI=1S/C12H6Cl4O.C11H8Cl2N2O/c13-7-1-3-11(9(15)5-7)17-12-4-2-8(14)6-10(12)16;12-8-1-2-9(10(13)3-8)11(16)7-4-14-6-15-5-7/h1-6H;1-6,11,16H. The number of rotatable bonds is 4. The van der Waals surface area contributed by atoms with Crippen molar-refractivity contribution >= 4 is 69.6 Å². The van der Waals surface area contributed by atoms with Crippen molar-refractivity contribution in [3.05, 3.63) is 115 Å². The smallest absolute Gasteiger partial charge is 0.146 e. The highest BCUT2D eigenvalue weighted by Crippen LogP contribution is 2.36. The average molecular weight is 563 g/mol. The SMILES string of the molecule is Clc1ccc(Oc2ccc(Cl)cc2Cl)c(Cl)c1.OC(c1cncnc1)c1ccc(Cl)cc1Cl. The molecule has 0 aliphatic rings. The van der Waals surface area contributed by atoms with Gasteiger partial charge in [-0.05, 0) is 48.5 Å². The number of nitrogens with zero attached hydrogens (tertiary/aromatic N) is 2. The number of aliphatic hydroxyl groups is 1. The van der Waals surface area contributed by atoms with E-state index in [2.05, 4.69) is 9.97 Å². The molecule has 3 aromatic carbocycles. The van der Waals surface area contributed by atoms with Crippen molar-refractivity contribution in [1.29, 1.82) is 0 Å². The fraction of sp³-hybridized carbons (Fsp3) is 0.0435. The molecule has 0 saturated carbocycles. The zero-order valence-corrected chi connectivity index (χ0v) is 21.1. The minimum Gasteiger partial charge on any atom is -0.454 e. The van der Waals surface area contributed by atoms with E-state index in [1.54, 1.807) is 67.0 Å². The fourth-order valence-electron chi connectivity index (χ4n) is 2.59. The number of hydrogen-bond acceptors (Lipinski definition) is 4. The molecule has 1 atom stereocenters. The first-order valence-corrected chi connectivity index (χ1v) is 11.5. The number of benzene rings is 3. The van der Waals surface area contributed by atoms with Crippen molar-refractivity contribution < 1.29 is 9.84 Å². The van der Waals surface area contributed by atoms with Gasteiger partial charge >= 0.3 is 0 Å². The Morgan fingerprint density at radius 1 is 0.636 bits per heavy atom. The summed E-state index contributed by atoms with van der Waals surface area (Å²) < 4.78 is 5.57. The molecule has 4 rings (SSSR count). The molecule has 33 heavy (non-hydrogen) atoms. The maximum absolute atomic E-state index is 10.1. The molecule has 0 aliphatic heterocycles. The molecule has 0 bridgehead atoms. The second-order valence-electron chi connectivity index (χ2n) is 6.49. The maximum atomic E-state index is 10.1. The van der Waals surface area contributed by atoms with Crippen LogP contribution in [0.25, 0.3) is 0 Å². The molecule has 0 amide bonds. The summed E-state index contributed by atoms with van der Waals surface area (Å²) in [6.07, 6.45) is 3.65. The van der Waals surface area contributed by atoms with E-state index < -0.39 is 6.10 Å². The Morgan fingerprint density at radius 3 is 1.55 bits per heavy atom. The largest absolute Gasteiger partial charge is 0.454 e. The molecular formula is C23H14Cl6N2O2. The quantitative estimate of drug-likeness (QED) is 0.270. The molecule has 0 saturated heterocycles. The summed E-state index contributed by atoms with van der Waals surface area (Å²) in [5, 5.41) is 12.9. The van der Waals surface area contributed by atoms with Gasteiger partial charge in [-0.25, -0.2) is 9.97 Å². The fourth-order valence-corrected chi connectivity index (χ4v) is 4.00. The summed E-state index contributed by atoms with van der Waals surface area (Å²) in [7, 11) is 0. The van der Waals surface area contributed by atoms with E-state index in [0.29, 0.717) is 52.8 Å². The van der Waals surface area contributed by atoms with Crippen LogP contribution in [0.5, 0.6) is 11.5 Å². The Kier molecular flexibility index (Phi) is 9.47. The van der Waals surface area contributed by atoms with Crippen LogP contribution in [0.15, 0.2) is 73.3 Å². The van der Waals surface area contributed by atoms with Crippen LogP contribution in [-0.2, 0) is 0 Å². The van der Waals surface area contributed by atoms with Gasteiger partial charge in [-0.2, -0.15) is 0 Å². The lowest BCUT2D eigenvalue weighted by Gasteiger charge is -2.12. The van der Waals surface area contributed by atoms with Gasteiger partial charge in [-0.15, -0.1) is 0 Å². The first-order chi connectivity index (χ1) is 15.7. The highest BCUT2D eigenvalue weighted by molar-refractivity contribution is 6.36. The normalized spacial score (nSPS) is 11.4. The molecule has 1 heterocycles. The van der Waals surface area contributed by atoms with Crippen molar-refractivity contribution in [3.8, 4) is 11.5 Å². The molecule has 10 heteroatoms. The van der Waals surface area contributed by atoms with Gasteiger partial charge < -0.3 is 9.84 Å². The number of hydrogen-bond donors (Lipinski definition) is 1. The molecule has 170 valence electrons. The van der Waals surface area contributed by atoms with Crippen molar-refractivity contribution in [1.82, 2.24) is 9.97 Å². The van der Waals surface area contributed by atoms with Crippen molar-refractivity contribution in [2.45, 2.75) is 6.10 Å². The Bertz CT molecular complexity index is 1190. The summed E-state index contributed by atoms with van der Waals surface area (Å²) in [5.41, 5.74) is 1.17. The molecule has 4 aromatic rings. The van der Waals surface area contributed by atoms with Gasteiger partial charge in [0.2, 0.25) is 0 Å². The zero-order chi connectivity index (χ0) is 24.0. The van der Waals surface area contributed by atoms with Crippen molar-refractivity contribution in [2.75, 3.05) is 0 Å². The predicted octanol–water partition coefficient (Wildman–Crippen LogP) is 8.96. The molecule has 1 aromatic heterocycles. The molecule has 0 radical (unpaired) electrons. The van der Waals surface area contributed by atoms with Crippen LogP contribution >= 0.6 is 69.6 Å². The topological polar surface area (TPSA) is 55.2 Å². The van der Waals surface area contributed by atoms with Gasteiger partial charge in [0.25, 0.3) is 0 Å². The van der Waals surface area contributed by atoms with Gasteiger partial charge in [-0.3, -0.25) is 0 Å². The Labute approximate surface area is 220 Å². The second kappa shape index (κ2) is 12.1. The highest BCUT2D eigenvalue weighted by Gasteiger charge is 2.14. The molecule has 1 unspecified atom stereocenters. The van der Waals surface area contributed by atoms with E-state index in [4.69, 9.17) is 74.3 Å². The van der Waals surface area contributed by atoms with Crippen LogP contribution < -0.4 is 4.74 Å². The summed E-state index contributed by atoms with van der Waals surface area (Å²) >= 11 is 35.3. The van der Waals surface area contributed by atoms with Gasteiger partial charge in [-0.1, -0.05) is 75.7 Å². The van der Waals surface area contributed by atoms with E-state index in [1.165, 1.54) is 6.33 Å². The van der Waals surface area contributed by atoms with Crippen LogP contribution in [-0.4, -0.2) is 15.1 Å². The lowest BCUT2D eigenvalue weighted by molar-refractivity contribution is 0.219. The molecule has 0 fully saturated rings. The van der Waals surface area contributed by atoms with E-state index in [-0.39, 0.29) is 0 Å². The van der Waals surface area contributed by atoms with E-state index in [0.717, 1.165) is 0 Å². The summed E-state index contributed by atoms with van der Waals surface area (Å²) in [6, 6.07) is 14.9. The minimum atomic E-state index is -0.842. The molecule has 4 nitrogen and oxygen atoms in total. The van der Waals surface area contributed by atoms with Gasteiger partial charge in [0, 0.05) is 43.6 Å². The van der Waals surface area contributed by atoms with Crippen LogP contribution in [0.3, 0.4) is 0 Å². The third kappa shape index (κ3) is 7.36. The number of ether oxygens (including phenoxy) is 1. The second-order valence-corrected chi connectivity index (χ2v) is 9.02. The number of aromatic nitrogens is 2. The Hall–Kier alpha value is -1.76. The first-order valence-electron chi connectivity index (χ1n) is 9.20. The van der Waals surface area contributed by atoms with Crippen LogP contribution in [0.1, 0.15) is 17.2 Å². The summed E-state index contributed by atoms with van der Waals surface area (Å²) in [6.45, 7) is 0. The monoisotopic (exact) mass is 560 g/mol. The highest BCUT2D eigenvalue weighted by atomic mass is 35.5. The maximum Gasteiger partial charge on any atom is 0.146 e. The minimum absolute atomic E-state index is 0.420. The predicted molar refractivity (Wildman–Crippen MR) is 136 cm³/mol. The van der Waals surface area contributed by atoms with Gasteiger partial charge in [0.1, 0.15) is 23.9 Å². The van der Waals surface area contributed by atoms with Gasteiger partial charge in [0.05, 0.1) is 10.0 Å². The van der Waals surface area contributed by atoms with Crippen LogP contribution in [0.4, 0.5) is 0 Å². The summed E-state index contributed by atoms with van der Waals surface area (Å²) in [4.78, 5) is 7.68. The molecular weight excluding hydrogens is 549 g/mol. The number of aliphatic hydroxyl groups excluding tert-OH is 1. The van der Waals surface area contributed by atoms with Crippen LogP contribution in [0, 0.1) is 0 Å². The van der Waals surface area contributed by atoms with E-state index in [1.807, 2.05) is 0 Å². The zero-order valence-electron chi connectivity index (χ0n) is 16.5. The van der Waals surface area contributed by atoms with Crippen molar-refractivity contribution in [2.24, 2.45) is 0 Å². The lowest BCUT2D eigenvalue weighted by atomic mass is 10.0. The lowest BCUT2D eigenvalue weighted by Crippen LogP contribution is -2.01. The van der Waals surface area contributed by atoms with Gasteiger partial charge in [0.15, 0.2) is 0 Å². The third-order valence-corrected chi connectivity index (χ3v) is 5.78. The third-order valence-electron chi connectivity index (χ3n) is 4.16.